The first-order valence-corrected chi connectivity index (χ1v) is 4.35. The Morgan fingerprint density at radius 3 is 2.36 bits per heavy atom. The van der Waals surface area contributed by atoms with E-state index in [1.165, 1.54) is 0 Å². The number of nitrogens with two attached hydrogens (primary N) is 1. The minimum atomic E-state index is 0.163. The molecular formula is C9H20N2. The summed E-state index contributed by atoms with van der Waals surface area (Å²) in [5.41, 5.74) is 5.69. The van der Waals surface area contributed by atoms with Gasteiger partial charge in [-0.3, -0.25) is 0 Å². The molecule has 0 rings (SSSR count). The van der Waals surface area contributed by atoms with Crippen molar-refractivity contribution in [3.8, 4) is 0 Å². The molecule has 0 fully saturated rings. The highest BCUT2D eigenvalue weighted by atomic mass is 15.1. The van der Waals surface area contributed by atoms with Crippen molar-refractivity contribution in [3.05, 3.63) is 12.7 Å². The van der Waals surface area contributed by atoms with Gasteiger partial charge in [0.05, 0.1) is 0 Å². The van der Waals surface area contributed by atoms with Crippen LogP contribution < -0.4 is 5.73 Å². The maximum Gasteiger partial charge on any atom is 0.0233 e. The first kappa shape index (κ1) is 10.7. The van der Waals surface area contributed by atoms with E-state index in [-0.39, 0.29) is 6.04 Å². The van der Waals surface area contributed by atoms with E-state index in [1.807, 2.05) is 6.08 Å². The zero-order valence-electron chi connectivity index (χ0n) is 7.71. The predicted molar refractivity (Wildman–Crippen MR) is 50.6 cm³/mol. The molecule has 0 heterocycles. The molecule has 0 aromatic rings. The van der Waals surface area contributed by atoms with E-state index in [0.29, 0.717) is 0 Å². The molecule has 0 aromatic carbocycles. The Morgan fingerprint density at radius 1 is 1.45 bits per heavy atom. The summed E-state index contributed by atoms with van der Waals surface area (Å²) >= 11 is 0. The van der Waals surface area contributed by atoms with Gasteiger partial charge >= 0.3 is 0 Å². The fourth-order valence-corrected chi connectivity index (χ4v) is 0.989. The molecule has 0 spiro atoms. The van der Waals surface area contributed by atoms with Crippen LogP contribution in [0.2, 0.25) is 0 Å². The van der Waals surface area contributed by atoms with Gasteiger partial charge in [0.15, 0.2) is 0 Å². The van der Waals surface area contributed by atoms with Crippen molar-refractivity contribution in [3.63, 3.8) is 0 Å². The third-order valence-corrected chi connectivity index (χ3v) is 1.98. The molecule has 66 valence electrons. The van der Waals surface area contributed by atoms with Crippen molar-refractivity contribution in [2.75, 3.05) is 19.6 Å². The standard InChI is InChI=1S/C9H20N2/c1-4-9(10)7-8-11(5-2)6-3/h4,9H,1,5-8,10H2,2-3H3. The van der Waals surface area contributed by atoms with E-state index >= 15 is 0 Å². The Hall–Kier alpha value is -0.340. The normalized spacial score (nSPS) is 13.5. The summed E-state index contributed by atoms with van der Waals surface area (Å²) in [4.78, 5) is 2.36. The van der Waals surface area contributed by atoms with Crippen LogP contribution in [0.5, 0.6) is 0 Å². The van der Waals surface area contributed by atoms with Crippen molar-refractivity contribution in [2.45, 2.75) is 26.3 Å². The van der Waals surface area contributed by atoms with Gasteiger partial charge in [-0.2, -0.15) is 0 Å². The predicted octanol–water partition coefficient (Wildman–Crippen LogP) is 1.23. The lowest BCUT2D eigenvalue weighted by Crippen LogP contribution is -2.29. The van der Waals surface area contributed by atoms with Gasteiger partial charge in [-0.25, -0.2) is 0 Å². The Bertz CT molecular complexity index is 97.7. The molecule has 0 amide bonds. The van der Waals surface area contributed by atoms with Crippen LogP contribution in [0.1, 0.15) is 20.3 Å². The van der Waals surface area contributed by atoms with Gasteiger partial charge in [0.1, 0.15) is 0 Å². The van der Waals surface area contributed by atoms with Crippen LogP contribution >= 0.6 is 0 Å². The van der Waals surface area contributed by atoms with Gasteiger partial charge in [0.25, 0.3) is 0 Å². The van der Waals surface area contributed by atoms with Gasteiger partial charge in [-0.15, -0.1) is 6.58 Å². The van der Waals surface area contributed by atoms with Gasteiger partial charge in [0.2, 0.25) is 0 Å². The zero-order valence-corrected chi connectivity index (χ0v) is 7.71. The Labute approximate surface area is 70.1 Å². The molecule has 0 bridgehead atoms. The number of nitrogens with zero attached hydrogens (tertiary/aromatic N) is 1. The second-order valence-corrected chi connectivity index (χ2v) is 2.72. The molecule has 0 saturated heterocycles. The summed E-state index contributed by atoms with van der Waals surface area (Å²) in [6.45, 7) is 11.3. The number of rotatable bonds is 6. The van der Waals surface area contributed by atoms with Gasteiger partial charge in [-0.05, 0) is 26.1 Å². The highest BCUT2D eigenvalue weighted by Crippen LogP contribution is 1.94. The lowest BCUT2D eigenvalue weighted by molar-refractivity contribution is 0.296. The molecule has 2 N–H and O–H groups in total. The van der Waals surface area contributed by atoms with Crippen molar-refractivity contribution in [1.82, 2.24) is 4.90 Å². The van der Waals surface area contributed by atoms with Crippen LogP contribution in [-0.2, 0) is 0 Å². The highest BCUT2D eigenvalue weighted by Gasteiger charge is 2.00. The average Bonchev–Trinajstić information content (AvgIpc) is 2.06. The fraction of sp³-hybridized carbons (Fsp3) is 0.778. The number of hydrogen-bond donors (Lipinski definition) is 1. The van der Waals surface area contributed by atoms with Crippen LogP contribution in [-0.4, -0.2) is 30.6 Å². The maximum atomic E-state index is 5.69. The largest absolute Gasteiger partial charge is 0.324 e. The highest BCUT2D eigenvalue weighted by molar-refractivity contribution is 4.82. The molecule has 0 aromatic heterocycles. The smallest absolute Gasteiger partial charge is 0.0233 e. The molecular weight excluding hydrogens is 136 g/mol. The Kier molecular flexibility index (Phi) is 6.18. The molecule has 2 heteroatoms. The van der Waals surface area contributed by atoms with Crippen molar-refractivity contribution in [1.29, 1.82) is 0 Å². The van der Waals surface area contributed by atoms with E-state index in [0.717, 1.165) is 26.1 Å². The van der Waals surface area contributed by atoms with Gasteiger partial charge in [0, 0.05) is 6.04 Å². The minimum Gasteiger partial charge on any atom is -0.324 e. The molecule has 0 saturated carbocycles. The molecule has 0 radical (unpaired) electrons. The van der Waals surface area contributed by atoms with Gasteiger partial charge in [-0.1, -0.05) is 19.9 Å². The second kappa shape index (κ2) is 6.38. The van der Waals surface area contributed by atoms with Crippen LogP contribution in [0, 0.1) is 0 Å². The Balaban J connectivity index is 3.41. The summed E-state index contributed by atoms with van der Waals surface area (Å²) in [7, 11) is 0. The quantitative estimate of drug-likeness (QED) is 0.586. The molecule has 1 unspecified atom stereocenters. The SMILES string of the molecule is C=CC(N)CCN(CC)CC. The maximum absolute atomic E-state index is 5.69. The third-order valence-electron chi connectivity index (χ3n) is 1.98. The topological polar surface area (TPSA) is 29.3 Å². The van der Waals surface area contributed by atoms with E-state index in [2.05, 4.69) is 25.3 Å². The first-order valence-electron chi connectivity index (χ1n) is 4.35. The van der Waals surface area contributed by atoms with E-state index in [1.54, 1.807) is 0 Å². The summed E-state index contributed by atoms with van der Waals surface area (Å²) in [5.74, 6) is 0. The molecule has 2 nitrogen and oxygen atoms in total. The zero-order chi connectivity index (χ0) is 8.69. The summed E-state index contributed by atoms with van der Waals surface area (Å²) in [5, 5.41) is 0. The van der Waals surface area contributed by atoms with Crippen molar-refractivity contribution < 1.29 is 0 Å². The van der Waals surface area contributed by atoms with E-state index in [4.69, 9.17) is 5.73 Å². The summed E-state index contributed by atoms with van der Waals surface area (Å²) < 4.78 is 0. The van der Waals surface area contributed by atoms with E-state index in [9.17, 15) is 0 Å². The van der Waals surface area contributed by atoms with Crippen LogP contribution in [0.4, 0.5) is 0 Å². The lowest BCUT2D eigenvalue weighted by Gasteiger charge is -2.18. The number of hydrogen-bond acceptors (Lipinski definition) is 2. The average molecular weight is 156 g/mol. The second-order valence-electron chi connectivity index (χ2n) is 2.72. The monoisotopic (exact) mass is 156 g/mol. The van der Waals surface area contributed by atoms with Crippen LogP contribution in [0.25, 0.3) is 0 Å². The summed E-state index contributed by atoms with van der Waals surface area (Å²) in [6, 6.07) is 0.163. The third kappa shape index (κ3) is 4.99. The van der Waals surface area contributed by atoms with Crippen LogP contribution in [0.15, 0.2) is 12.7 Å². The lowest BCUT2D eigenvalue weighted by atomic mass is 10.2. The molecule has 1 atom stereocenters. The Morgan fingerprint density at radius 2 is 2.00 bits per heavy atom. The van der Waals surface area contributed by atoms with Gasteiger partial charge < -0.3 is 10.6 Å². The molecule has 0 aliphatic heterocycles. The molecule has 11 heavy (non-hydrogen) atoms. The van der Waals surface area contributed by atoms with Crippen molar-refractivity contribution in [2.24, 2.45) is 5.73 Å². The molecule has 0 aliphatic rings. The van der Waals surface area contributed by atoms with Crippen LogP contribution in [0.3, 0.4) is 0 Å². The van der Waals surface area contributed by atoms with E-state index < -0.39 is 0 Å². The minimum absolute atomic E-state index is 0.163. The fourth-order valence-electron chi connectivity index (χ4n) is 0.989. The first-order chi connectivity index (χ1) is 5.24. The molecule has 0 aliphatic carbocycles. The van der Waals surface area contributed by atoms with Crippen molar-refractivity contribution >= 4 is 0 Å². The summed E-state index contributed by atoms with van der Waals surface area (Å²) in [6.07, 6.45) is 2.83.